The van der Waals surface area contributed by atoms with Crippen molar-refractivity contribution in [2.75, 3.05) is 14.2 Å². The van der Waals surface area contributed by atoms with E-state index in [1.54, 1.807) is 12.1 Å². The number of methoxy groups -OCH3 is 2. The number of carbonyl (C=O) groups is 2. The molecule has 0 amide bonds. The molecule has 8 heteroatoms. The first-order valence-electron chi connectivity index (χ1n) is 14.0. The molecule has 0 fully saturated rings. The Morgan fingerprint density at radius 2 is 1.00 bits per heavy atom. The predicted molar refractivity (Wildman–Crippen MR) is 172 cm³/mol. The highest BCUT2D eigenvalue weighted by Gasteiger charge is 2.20. The van der Waals surface area contributed by atoms with Crippen molar-refractivity contribution in [3.05, 3.63) is 119 Å². The van der Waals surface area contributed by atoms with Gasteiger partial charge in [-0.1, -0.05) is 36.4 Å². The third kappa shape index (κ3) is 4.78. The summed E-state index contributed by atoms with van der Waals surface area (Å²) in [7, 11) is 2.75. The predicted octanol–water partition coefficient (Wildman–Crippen LogP) is 7.56. The van der Waals surface area contributed by atoms with E-state index in [2.05, 4.69) is 9.97 Å². The number of hydrogen-bond donors (Lipinski definition) is 2. The standard InChI is InChI=1S/C36H26N4O4/c1-43-35(41)27-9-5-3-7-25(27)33-29-15-11-21(37-29)19-23-13-17-31(39-23)34(26-8-4-6-10-28(26)36(42)44-2)32-18-14-24(40-32)20-22-12-16-30(33)38-22/h3-20,37,40H,1-2H3. The number of rotatable bonds is 4. The molecular formula is C36H26N4O4. The van der Waals surface area contributed by atoms with Gasteiger partial charge in [-0.05, 0) is 72.8 Å². The number of hydrogen-bond acceptors (Lipinski definition) is 6. The smallest absolute Gasteiger partial charge is 0.338 e. The molecule has 214 valence electrons. The summed E-state index contributed by atoms with van der Waals surface area (Å²) in [5.41, 5.74) is 9.94. The van der Waals surface area contributed by atoms with Crippen molar-refractivity contribution in [1.29, 1.82) is 0 Å². The van der Waals surface area contributed by atoms with Crippen LogP contribution in [0.2, 0.25) is 0 Å². The van der Waals surface area contributed by atoms with E-state index in [9.17, 15) is 9.59 Å². The van der Waals surface area contributed by atoms with Gasteiger partial charge in [-0.15, -0.1) is 0 Å². The molecule has 0 radical (unpaired) electrons. The Hall–Kier alpha value is -6.02. The van der Waals surface area contributed by atoms with E-state index in [1.165, 1.54) is 14.2 Å². The van der Waals surface area contributed by atoms with Crippen LogP contribution in [0.3, 0.4) is 0 Å². The van der Waals surface area contributed by atoms with Crippen molar-refractivity contribution in [3.63, 3.8) is 0 Å². The molecular weight excluding hydrogens is 552 g/mol. The van der Waals surface area contributed by atoms with E-state index in [-0.39, 0.29) is 0 Å². The summed E-state index contributed by atoms with van der Waals surface area (Å²) < 4.78 is 10.2. The number of nitrogens with one attached hydrogen (secondary N) is 2. The van der Waals surface area contributed by atoms with Crippen LogP contribution in [0.15, 0.2) is 84.9 Å². The van der Waals surface area contributed by atoms with Crippen molar-refractivity contribution in [1.82, 2.24) is 19.9 Å². The number of H-pyrrole nitrogens is 2. The molecule has 44 heavy (non-hydrogen) atoms. The molecule has 3 aromatic heterocycles. The summed E-state index contributed by atoms with van der Waals surface area (Å²) in [6, 6.07) is 26.5. The zero-order valence-corrected chi connectivity index (χ0v) is 23.9. The fraction of sp³-hybridized carbons (Fsp3) is 0.0556. The van der Waals surface area contributed by atoms with E-state index in [1.807, 2.05) is 97.1 Å². The van der Waals surface area contributed by atoms with Crippen molar-refractivity contribution in [3.8, 4) is 22.3 Å². The van der Waals surface area contributed by atoms with Crippen LogP contribution in [-0.4, -0.2) is 46.1 Å². The molecule has 5 aromatic rings. The van der Waals surface area contributed by atoms with Crippen LogP contribution in [0.4, 0.5) is 0 Å². The van der Waals surface area contributed by atoms with Gasteiger partial charge in [-0.3, -0.25) is 0 Å². The normalized spacial score (nSPS) is 11.9. The van der Waals surface area contributed by atoms with Crippen LogP contribution < -0.4 is 0 Å². The Balaban J connectivity index is 1.56. The Bertz CT molecular complexity index is 2050. The molecule has 2 aliphatic heterocycles. The SMILES string of the molecule is COC(=O)c1ccccc1-c1c2nc(cc3ccc([nH]3)c(-c3ccccc3C(=O)OC)c3nc(cc4ccc1[nH]4)C=C3)C=C2. The minimum absolute atomic E-state index is 0.426. The van der Waals surface area contributed by atoms with Gasteiger partial charge >= 0.3 is 11.9 Å². The number of ether oxygens (including phenoxy) is 2. The molecule has 7 rings (SSSR count). The molecule has 0 saturated carbocycles. The van der Waals surface area contributed by atoms with Gasteiger partial charge in [0.2, 0.25) is 0 Å². The number of carbonyl (C=O) groups excluding carboxylic acids is 2. The quantitative estimate of drug-likeness (QED) is 0.209. The monoisotopic (exact) mass is 578 g/mol. The Morgan fingerprint density at radius 1 is 0.568 bits per heavy atom. The molecule has 2 aliphatic rings. The fourth-order valence-corrected chi connectivity index (χ4v) is 5.62. The summed E-state index contributed by atoms with van der Waals surface area (Å²) in [5.74, 6) is -0.852. The molecule has 0 spiro atoms. The van der Waals surface area contributed by atoms with Crippen molar-refractivity contribution in [2.45, 2.75) is 0 Å². The molecule has 8 bridgehead atoms. The lowest BCUT2D eigenvalue weighted by atomic mass is 9.98. The fourth-order valence-electron chi connectivity index (χ4n) is 5.62. The first-order chi connectivity index (χ1) is 21.5. The maximum atomic E-state index is 12.8. The highest BCUT2D eigenvalue weighted by Crippen LogP contribution is 2.35. The van der Waals surface area contributed by atoms with Crippen molar-refractivity contribution < 1.29 is 19.1 Å². The van der Waals surface area contributed by atoms with Gasteiger partial charge in [0.1, 0.15) is 0 Å². The van der Waals surface area contributed by atoms with Gasteiger partial charge in [0, 0.05) is 44.3 Å². The first kappa shape index (κ1) is 26.9. The summed E-state index contributed by atoms with van der Waals surface area (Å²) in [6.45, 7) is 0. The third-order valence-electron chi connectivity index (χ3n) is 7.60. The van der Waals surface area contributed by atoms with Crippen LogP contribution >= 0.6 is 0 Å². The number of benzene rings is 2. The molecule has 2 N–H and O–H groups in total. The molecule has 2 aromatic carbocycles. The third-order valence-corrected chi connectivity index (χ3v) is 7.60. The molecule has 5 heterocycles. The second-order valence-corrected chi connectivity index (χ2v) is 10.3. The van der Waals surface area contributed by atoms with E-state index in [0.717, 1.165) is 44.6 Å². The summed E-state index contributed by atoms with van der Waals surface area (Å²) in [4.78, 5) is 42.4. The van der Waals surface area contributed by atoms with Crippen LogP contribution in [-0.2, 0) is 9.47 Å². The van der Waals surface area contributed by atoms with Gasteiger partial charge in [0.25, 0.3) is 0 Å². The molecule has 8 nitrogen and oxygen atoms in total. The lowest BCUT2D eigenvalue weighted by Gasteiger charge is -2.09. The minimum Gasteiger partial charge on any atom is -0.465 e. The topological polar surface area (TPSA) is 110 Å². The number of aromatic nitrogens is 4. The van der Waals surface area contributed by atoms with E-state index in [4.69, 9.17) is 19.4 Å². The van der Waals surface area contributed by atoms with Gasteiger partial charge in [0.15, 0.2) is 0 Å². The number of nitrogens with zero attached hydrogens (tertiary/aromatic N) is 2. The molecule has 0 atom stereocenters. The van der Waals surface area contributed by atoms with Crippen LogP contribution in [0, 0.1) is 0 Å². The number of esters is 2. The Kier molecular flexibility index (Phi) is 6.71. The lowest BCUT2D eigenvalue weighted by molar-refractivity contribution is 0.0592. The first-order valence-corrected chi connectivity index (χ1v) is 14.0. The Morgan fingerprint density at radius 3 is 1.43 bits per heavy atom. The van der Waals surface area contributed by atoms with Gasteiger partial charge in [-0.2, -0.15) is 0 Å². The van der Waals surface area contributed by atoms with E-state index < -0.39 is 11.9 Å². The van der Waals surface area contributed by atoms with E-state index >= 15 is 0 Å². The van der Waals surface area contributed by atoms with Crippen LogP contribution in [0.1, 0.15) is 43.5 Å². The van der Waals surface area contributed by atoms with Gasteiger partial charge in [-0.25, -0.2) is 19.6 Å². The zero-order chi connectivity index (χ0) is 30.2. The van der Waals surface area contributed by atoms with Crippen molar-refractivity contribution >= 4 is 58.3 Å². The maximum absolute atomic E-state index is 12.8. The average Bonchev–Trinajstić information content (AvgIpc) is 3.88. The summed E-state index contributed by atoms with van der Waals surface area (Å²) in [6.07, 6.45) is 7.76. The molecule has 0 aliphatic carbocycles. The second kappa shape index (κ2) is 11.0. The van der Waals surface area contributed by atoms with Gasteiger partial charge in [0.05, 0.1) is 48.1 Å². The minimum atomic E-state index is -0.426. The van der Waals surface area contributed by atoms with Crippen molar-refractivity contribution in [2.24, 2.45) is 0 Å². The maximum Gasteiger partial charge on any atom is 0.338 e. The zero-order valence-electron chi connectivity index (χ0n) is 23.9. The summed E-state index contributed by atoms with van der Waals surface area (Å²) >= 11 is 0. The lowest BCUT2D eigenvalue weighted by Crippen LogP contribution is -2.04. The highest BCUT2D eigenvalue weighted by atomic mass is 16.5. The largest absolute Gasteiger partial charge is 0.465 e. The Labute approximate surface area is 252 Å². The second-order valence-electron chi connectivity index (χ2n) is 10.3. The van der Waals surface area contributed by atoms with Gasteiger partial charge < -0.3 is 19.4 Å². The summed E-state index contributed by atoms with van der Waals surface area (Å²) in [5, 5.41) is 0. The highest BCUT2D eigenvalue weighted by molar-refractivity contribution is 6.03. The number of fused-ring (bicyclic) bond motifs is 8. The van der Waals surface area contributed by atoms with Crippen LogP contribution in [0.5, 0.6) is 0 Å². The number of aromatic amines is 2. The van der Waals surface area contributed by atoms with E-state index in [0.29, 0.717) is 33.6 Å². The molecule has 0 unspecified atom stereocenters. The molecule has 0 saturated heterocycles. The van der Waals surface area contributed by atoms with Crippen LogP contribution in [0.25, 0.3) is 68.6 Å². The average molecular weight is 579 g/mol.